The largest absolute Gasteiger partial charge is 0.324 e. The normalized spacial score (nSPS) is 10.4. The number of carbonyl (C=O) groups is 1. The number of benzene rings is 1. The van der Waals surface area contributed by atoms with Crippen LogP contribution in [0.4, 0.5) is 5.69 Å². The third kappa shape index (κ3) is 3.80. The van der Waals surface area contributed by atoms with Gasteiger partial charge in [0.2, 0.25) is 5.91 Å². The van der Waals surface area contributed by atoms with E-state index >= 15 is 0 Å². The quantitative estimate of drug-likeness (QED) is 0.728. The maximum Gasteiger partial charge on any atom is 0.247 e. The number of nitrogens with one attached hydrogen (secondary N) is 1. The fraction of sp³-hybridized carbons (Fsp3) is 0.300. The van der Waals surface area contributed by atoms with Gasteiger partial charge in [-0.05, 0) is 19.1 Å². The lowest BCUT2D eigenvalue weighted by Crippen LogP contribution is -2.14. The molecule has 74 valence electrons. The van der Waals surface area contributed by atoms with Crippen LogP contribution in [0.3, 0.4) is 0 Å². The highest BCUT2D eigenvalue weighted by Crippen LogP contribution is 2.04. The lowest BCUT2D eigenvalue weighted by molar-refractivity contribution is -0.114. The first-order chi connectivity index (χ1) is 6.83. The van der Waals surface area contributed by atoms with Gasteiger partial charge in [-0.15, -0.1) is 0 Å². The monoisotopic (exact) mass is 191 g/mol. The number of azo groups is 1. The fourth-order valence-corrected chi connectivity index (χ4v) is 0.936. The standard InChI is InChI=1S/C10H13N3O/c1-2-11-12-8-10(14)13-9-6-4-3-5-7-9/h3-7H,2,8H2,1H3,(H,13,14). The van der Waals surface area contributed by atoms with Crippen molar-refractivity contribution in [2.75, 3.05) is 18.4 Å². The van der Waals surface area contributed by atoms with Gasteiger partial charge in [0.05, 0.1) is 6.54 Å². The Balaban J connectivity index is 2.38. The number of amides is 1. The van der Waals surface area contributed by atoms with E-state index in [1.807, 2.05) is 37.3 Å². The maximum atomic E-state index is 11.2. The molecule has 14 heavy (non-hydrogen) atoms. The van der Waals surface area contributed by atoms with Gasteiger partial charge >= 0.3 is 0 Å². The topological polar surface area (TPSA) is 53.8 Å². The zero-order valence-corrected chi connectivity index (χ0v) is 8.10. The van der Waals surface area contributed by atoms with Crippen LogP contribution in [0.5, 0.6) is 0 Å². The summed E-state index contributed by atoms with van der Waals surface area (Å²) in [5.74, 6) is -0.145. The molecule has 4 heteroatoms. The molecule has 0 aliphatic heterocycles. The Labute approximate surface area is 83.0 Å². The number of rotatable bonds is 4. The van der Waals surface area contributed by atoms with Gasteiger partial charge in [0, 0.05) is 5.69 Å². The first-order valence-corrected chi connectivity index (χ1v) is 4.51. The van der Waals surface area contributed by atoms with Crippen LogP contribution in [-0.2, 0) is 4.79 Å². The number of hydrogen-bond acceptors (Lipinski definition) is 3. The third-order valence-corrected chi connectivity index (χ3v) is 1.51. The molecule has 0 aliphatic rings. The van der Waals surface area contributed by atoms with Gasteiger partial charge in [-0.3, -0.25) is 4.79 Å². The van der Waals surface area contributed by atoms with Crippen LogP contribution in [0.1, 0.15) is 6.92 Å². The van der Waals surface area contributed by atoms with Crippen LogP contribution in [-0.4, -0.2) is 19.0 Å². The summed E-state index contributed by atoms with van der Waals surface area (Å²) >= 11 is 0. The molecule has 1 N–H and O–H groups in total. The van der Waals surface area contributed by atoms with Crippen molar-refractivity contribution in [2.45, 2.75) is 6.92 Å². The average molecular weight is 191 g/mol. The second-order valence-electron chi connectivity index (χ2n) is 2.67. The summed E-state index contributed by atoms with van der Waals surface area (Å²) < 4.78 is 0. The molecule has 0 unspecified atom stereocenters. The molecule has 0 saturated heterocycles. The summed E-state index contributed by atoms with van der Waals surface area (Å²) in [4.78, 5) is 11.2. The molecule has 1 rings (SSSR count). The van der Waals surface area contributed by atoms with Crippen molar-refractivity contribution in [1.29, 1.82) is 0 Å². The Morgan fingerprint density at radius 1 is 1.29 bits per heavy atom. The molecule has 1 aromatic carbocycles. The summed E-state index contributed by atoms with van der Waals surface area (Å²) in [7, 11) is 0. The Morgan fingerprint density at radius 3 is 2.64 bits per heavy atom. The SMILES string of the molecule is CCN=NCC(=O)Nc1ccccc1. The molecule has 0 spiro atoms. The smallest absolute Gasteiger partial charge is 0.247 e. The lowest BCUT2D eigenvalue weighted by atomic mass is 10.3. The first kappa shape index (κ1) is 10.4. The highest BCUT2D eigenvalue weighted by atomic mass is 16.1. The highest BCUT2D eigenvalue weighted by Gasteiger charge is 1.98. The van der Waals surface area contributed by atoms with E-state index in [1.54, 1.807) is 0 Å². The maximum absolute atomic E-state index is 11.2. The van der Waals surface area contributed by atoms with Gasteiger partial charge in [0.1, 0.15) is 6.54 Å². The van der Waals surface area contributed by atoms with Gasteiger partial charge in [-0.1, -0.05) is 18.2 Å². The van der Waals surface area contributed by atoms with E-state index in [4.69, 9.17) is 0 Å². The van der Waals surface area contributed by atoms with Crippen LogP contribution >= 0.6 is 0 Å². The Hall–Kier alpha value is -1.71. The number of anilines is 1. The van der Waals surface area contributed by atoms with E-state index in [-0.39, 0.29) is 12.5 Å². The molecule has 4 nitrogen and oxygen atoms in total. The van der Waals surface area contributed by atoms with E-state index in [2.05, 4.69) is 15.5 Å². The molecule has 0 aromatic heterocycles. The Kier molecular flexibility index (Phi) is 4.34. The Bertz CT molecular complexity index is 308. The second-order valence-corrected chi connectivity index (χ2v) is 2.67. The number of para-hydroxylation sites is 1. The minimum Gasteiger partial charge on any atom is -0.324 e. The fourth-order valence-electron chi connectivity index (χ4n) is 0.936. The van der Waals surface area contributed by atoms with Crippen LogP contribution in [0.15, 0.2) is 40.6 Å². The molecule has 1 amide bonds. The van der Waals surface area contributed by atoms with Crippen molar-refractivity contribution in [3.63, 3.8) is 0 Å². The van der Waals surface area contributed by atoms with E-state index in [9.17, 15) is 4.79 Å². The van der Waals surface area contributed by atoms with Crippen molar-refractivity contribution < 1.29 is 4.79 Å². The van der Waals surface area contributed by atoms with Crippen molar-refractivity contribution in [2.24, 2.45) is 10.2 Å². The zero-order valence-electron chi connectivity index (χ0n) is 8.10. The molecule has 0 saturated carbocycles. The van der Waals surface area contributed by atoms with Gasteiger partial charge in [0.15, 0.2) is 0 Å². The van der Waals surface area contributed by atoms with E-state index < -0.39 is 0 Å². The first-order valence-electron chi connectivity index (χ1n) is 4.51. The average Bonchev–Trinajstić information content (AvgIpc) is 2.20. The zero-order chi connectivity index (χ0) is 10.2. The lowest BCUT2D eigenvalue weighted by Gasteiger charge is -2.01. The molecule has 0 heterocycles. The number of carbonyl (C=O) groups excluding carboxylic acids is 1. The summed E-state index contributed by atoms with van der Waals surface area (Å²) in [6.45, 7) is 2.57. The minimum atomic E-state index is -0.145. The third-order valence-electron chi connectivity index (χ3n) is 1.51. The molecule has 0 fully saturated rings. The molecule has 0 atom stereocenters. The van der Waals surface area contributed by atoms with E-state index in [1.165, 1.54) is 0 Å². The summed E-state index contributed by atoms with van der Waals surface area (Å²) in [5.41, 5.74) is 0.782. The summed E-state index contributed by atoms with van der Waals surface area (Å²) in [5, 5.41) is 10.1. The Morgan fingerprint density at radius 2 is 2.00 bits per heavy atom. The van der Waals surface area contributed by atoms with Gasteiger partial charge in [-0.25, -0.2) is 0 Å². The molecular formula is C10H13N3O. The molecule has 0 radical (unpaired) electrons. The van der Waals surface area contributed by atoms with E-state index in [0.29, 0.717) is 6.54 Å². The van der Waals surface area contributed by atoms with Crippen LogP contribution < -0.4 is 5.32 Å². The molecule has 1 aromatic rings. The number of nitrogens with zero attached hydrogens (tertiary/aromatic N) is 2. The minimum absolute atomic E-state index is 0.0860. The highest BCUT2D eigenvalue weighted by molar-refractivity contribution is 5.92. The van der Waals surface area contributed by atoms with Crippen molar-refractivity contribution in [1.82, 2.24) is 0 Å². The molecule has 0 aliphatic carbocycles. The predicted molar refractivity (Wildman–Crippen MR) is 55.3 cm³/mol. The van der Waals surface area contributed by atoms with Crippen LogP contribution in [0.2, 0.25) is 0 Å². The van der Waals surface area contributed by atoms with Gasteiger partial charge in [-0.2, -0.15) is 10.2 Å². The number of hydrogen-bond donors (Lipinski definition) is 1. The van der Waals surface area contributed by atoms with Crippen LogP contribution in [0.25, 0.3) is 0 Å². The molecule has 0 bridgehead atoms. The second kappa shape index (κ2) is 5.85. The predicted octanol–water partition coefficient (Wildman–Crippen LogP) is 2.10. The van der Waals surface area contributed by atoms with Crippen molar-refractivity contribution in [3.05, 3.63) is 30.3 Å². The van der Waals surface area contributed by atoms with E-state index in [0.717, 1.165) is 5.69 Å². The summed E-state index contributed by atoms with van der Waals surface area (Å²) in [6.07, 6.45) is 0. The van der Waals surface area contributed by atoms with Gasteiger partial charge in [0.25, 0.3) is 0 Å². The summed E-state index contributed by atoms with van der Waals surface area (Å²) in [6, 6.07) is 9.28. The molecular weight excluding hydrogens is 178 g/mol. The van der Waals surface area contributed by atoms with Crippen molar-refractivity contribution >= 4 is 11.6 Å². The van der Waals surface area contributed by atoms with Gasteiger partial charge < -0.3 is 5.32 Å². The van der Waals surface area contributed by atoms with Crippen LogP contribution in [0, 0.1) is 0 Å². The van der Waals surface area contributed by atoms with Crippen molar-refractivity contribution in [3.8, 4) is 0 Å².